The molecule has 4 aliphatic heterocycles. The van der Waals surface area contributed by atoms with Crippen LogP contribution >= 0.6 is 0 Å². The maximum absolute atomic E-state index is 13.0. The summed E-state index contributed by atoms with van der Waals surface area (Å²) in [5, 5.41) is 3.27. The number of amides is 1. The topological polar surface area (TPSA) is 61.6 Å². The van der Waals surface area contributed by atoms with Crippen LogP contribution in [0.2, 0.25) is 0 Å². The van der Waals surface area contributed by atoms with Gasteiger partial charge in [0.05, 0.1) is 5.56 Å². The molecule has 0 aliphatic carbocycles. The van der Waals surface area contributed by atoms with Gasteiger partial charge in [-0.15, -0.1) is 0 Å². The number of carbonyl (C=O) groups excluding carboxylic acids is 1. The highest BCUT2D eigenvalue weighted by Crippen LogP contribution is 2.29. The summed E-state index contributed by atoms with van der Waals surface area (Å²) in [5.74, 6) is 0.595. The van der Waals surface area contributed by atoms with Gasteiger partial charge in [0.25, 0.3) is 11.9 Å². The van der Waals surface area contributed by atoms with Crippen LogP contribution in [0.25, 0.3) is 11.1 Å². The lowest BCUT2D eigenvalue weighted by atomic mass is 9.84. The summed E-state index contributed by atoms with van der Waals surface area (Å²) in [6, 6.07) is 6.57. The van der Waals surface area contributed by atoms with Gasteiger partial charge in [-0.2, -0.15) is 4.98 Å². The van der Waals surface area contributed by atoms with Crippen molar-refractivity contribution in [3.8, 4) is 0 Å². The van der Waals surface area contributed by atoms with Gasteiger partial charge in [0.1, 0.15) is 5.52 Å². The van der Waals surface area contributed by atoms with E-state index in [1.165, 1.54) is 45.2 Å². The molecule has 4 aliphatic rings. The van der Waals surface area contributed by atoms with Crippen LogP contribution in [0.4, 0.5) is 6.01 Å². The van der Waals surface area contributed by atoms with Crippen molar-refractivity contribution in [2.45, 2.75) is 38.1 Å². The molecule has 1 N–H and O–H groups in total. The second-order valence-corrected chi connectivity index (χ2v) is 7.91. The number of hydrogen-bond donors (Lipinski definition) is 1. The van der Waals surface area contributed by atoms with Crippen LogP contribution in [-0.4, -0.2) is 54.6 Å². The Morgan fingerprint density at radius 3 is 2.65 bits per heavy atom. The zero-order valence-corrected chi connectivity index (χ0v) is 15.1. The summed E-state index contributed by atoms with van der Waals surface area (Å²) in [6.07, 6.45) is 6.00. The van der Waals surface area contributed by atoms with Gasteiger partial charge in [-0.1, -0.05) is 6.07 Å². The van der Waals surface area contributed by atoms with Crippen LogP contribution in [0.15, 0.2) is 22.6 Å². The Balaban J connectivity index is 1.39. The Hall–Kier alpha value is -2.08. The lowest BCUT2D eigenvalue weighted by Crippen LogP contribution is -2.57. The van der Waals surface area contributed by atoms with E-state index in [1.807, 2.05) is 18.2 Å². The molecule has 5 heterocycles. The molecule has 1 atom stereocenters. The molecule has 0 unspecified atom stereocenters. The van der Waals surface area contributed by atoms with Crippen molar-refractivity contribution in [2.75, 3.05) is 37.6 Å². The first-order chi connectivity index (χ1) is 12.8. The quantitative estimate of drug-likeness (QED) is 0.918. The Labute approximate surface area is 153 Å². The first kappa shape index (κ1) is 16.1. The predicted molar refractivity (Wildman–Crippen MR) is 100 cm³/mol. The fourth-order valence-corrected chi connectivity index (χ4v) is 4.72. The van der Waals surface area contributed by atoms with Gasteiger partial charge in [-0.3, -0.25) is 4.79 Å². The number of piperidine rings is 4. The number of benzene rings is 1. The van der Waals surface area contributed by atoms with E-state index in [2.05, 4.69) is 20.1 Å². The van der Waals surface area contributed by atoms with E-state index in [0.29, 0.717) is 28.6 Å². The van der Waals surface area contributed by atoms with Crippen molar-refractivity contribution >= 4 is 23.0 Å². The molecule has 0 saturated carbocycles. The number of carbonyl (C=O) groups is 1. The van der Waals surface area contributed by atoms with Crippen LogP contribution in [-0.2, 0) is 0 Å². The maximum Gasteiger partial charge on any atom is 0.298 e. The fourth-order valence-electron chi connectivity index (χ4n) is 4.72. The Kier molecular flexibility index (Phi) is 4.08. The number of hydrogen-bond acceptors (Lipinski definition) is 5. The van der Waals surface area contributed by atoms with Crippen LogP contribution in [0, 0.1) is 5.92 Å². The zero-order valence-electron chi connectivity index (χ0n) is 15.1. The van der Waals surface area contributed by atoms with Crippen LogP contribution in [0.5, 0.6) is 0 Å². The first-order valence-corrected chi connectivity index (χ1v) is 9.96. The van der Waals surface area contributed by atoms with Crippen molar-refractivity contribution in [3.05, 3.63) is 23.8 Å². The maximum atomic E-state index is 13.0. The van der Waals surface area contributed by atoms with Gasteiger partial charge in [0, 0.05) is 25.7 Å². The number of rotatable bonds is 3. The highest BCUT2D eigenvalue weighted by atomic mass is 16.4. The van der Waals surface area contributed by atoms with Gasteiger partial charge in [0.2, 0.25) is 0 Å². The highest BCUT2D eigenvalue weighted by molar-refractivity contribution is 6.04. The number of nitrogens with one attached hydrogen (secondary N) is 1. The average Bonchev–Trinajstić information content (AvgIpc) is 3.14. The normalized spacial score (nSPS) is 28.5. The molecule has 6 nitrogen and oxygen atoms in total. The zero-order chi connectivity index (χ0) is 17.5. The molecule has 2 bridgehead atoms. The van der Waals surface area contributed by atoms with Gasteiger partial charge in [-0.05, 0) is 63.2 Å². The molecule has 1 aromatic carbocycles. The Bertz CT molecular complexity index is 803. The molecule has 0 radical (unpaired) electrons. The van der Waals surface area contributed by atoms with E-state index in [1.54, 1.807) is 0 Å². The van der Waals surface area contributed by atoms with Crippen molar-refractivity contribution < 1.29 is 9.21 Å². The van der Waals surface area contributed by atoms with E-state index in [9.17, 15) is 4.79 Å². The SMILES string of the molecule is O=C(N[C@@H]1CN2CCC1CC2)c1cccc2oc(N3CCCCC3)nc12. The highest BCUT2D eigenvalue weighted by Gasteiger charge is 2.35. The number of aromatic nitrogens is 1. The molecule has 4 fully saturated rings. The third kappa shape index (κ3) is 2.86. The van der Waals surface area contributed by atoms with Gasteiger partial charge in [-0.25, -0.2) is 0 Å². The summed E-state index contributed by atoms with van der Waals surface area (Å²) >= 11 is 0. The molecule has 6 heteroatoms. The van der Waals surface area contributed by atoms with Gasteiger partial charge < -0.3 is 19.5 Å². The number of anilines is 1. The molecule has 26 heavy (non-hydrogen) atoms. The van der Waals surface area contributed by atoms with Gasteiger partial charge >= 0.3 is 0 Å². The summed E-state index contributed by atoms with van der Waals surface area (Å²) in [6.45, 7) is 5.29. The van der Waals surface area contributed by atoms with Crippen LogP contribution in [0.3, 0.4) is 0 Å². The van der Waals surface area contributed by atoms with Crippen molar-refractivity contribution in [1.29, 1.82) is 0 Å². The number of oxazole rings is 1. The van der Waals surface area contributed by atoms with Crippen molar-refractivity contribution in [3.63, 3.8) is 0 Å². The molecule has 1 aromatic heterocycles. The largest absolute Gasteiger partial charge is 0.423 e. The predicted octanol–water partition coefficient (Wildman–Crippen LogP) is 2.64. The average molecular weight is 354 g/mol. The second kappa shape index (κ2) is 6.58. The van der Waals surface area contributed by atoms with Crippen LogP contribution < -0.4 is 10.2 Å². The van der Waals surface area contributed by atoms with E-state index in [0.717, 1.165) is 19.6 Å². The third-order valence-electron chi connectivity index (χ3n) is 6.25. The van der Waals surface area contributed by atoms with Crippen molar-refractivity contribution in [1.82, 2.24) is 15.2 Å². The minimum Gasteiger partial charge on any atom is -0.423 e. The molecule has 138 valence electrons. The molecule has 2 aromatic rings. The van der Waals surface area contributed by atoms with E-state index in [4.69, 9.17) is 4.42 Å². The third-order valence-corrected chi connectivity index (χ3v) is 6.25. The monoisotopic (exact) mass is 354 g/mol. The molecular formula is C20H26N4O2. The van der Waals surface area contributed by atoms with E-state index >= 15 is 0 Å². The van der Waals surface area contributed by atoms with Gasteiger partial charge in [0.15, 0.2) is 5.58 Å². The molecular weight excluding hydrogens is 328 g/mol. The van der Waals surface area contributed by atoms with Crippen molar-refractivity contribution in [2.24, 2.45) is 5.92 Å². The Morgan fingerprint density at radius 2 is 1.92 bits per heavy atom. The lowest BCUT2D eigenvalue weighted by Gasteiger charge is -2.44. The lowest BCUT2D eigenvalue weighted by molar-refractivity contribution is 0.0621. The molecule has 6 rings (SSSR count). The molecule has 0 spiro atoms. The summed E-state index contributed by atoms with van der Waals surface area (Å²) < 4.78 is 5.96. The summed E-state index contributed by atoms with van der Waals surface area (Å²) in [7, 11) is 0. The Morgan fingerprint density at radius 1 is 1.12 bits per heavy atom. The minimum absolute atomic E-state index is 0.0205. The standard InChI is InChI=1S/C20H26N4O2/c25-19(21-16-13-23-11-7-14(16)8-12-23)15-5-4-6-17-18(15)22-20(26-17)24-9-2-1-3-10-24/h4-6,14,16H,1-3,7-13H2,(H,21,25)/t16-/m1/s1. The molecule has 4 saturated heterocycles. The minimum atomic E-state index is -0.0205. The fraction of sp³-hybridized carbons (Fsp3) is 0.600. The number of para-hydroxylation sites is 1. The van der Waals surface area contributed by atoms with E-state index < -0.39 is 0 Å². The second-order valence-electron chi connectivity index (χ2n) is 7.91. The summed E-state index contributed by atoms with van der Waals surface area (Å²) in [5.41, 5.74) is 2.02. The smallest absolute Gasteiger partial charge is 0.298 e. The summed E-state index contributed by atoms with van der Waals surface area (Å²) in [4.78, 5) is 22.3. The van der Waals surface area contributed by atoms with E-state index in [-0.39, 0.29) is 11.9 Å². The molecule has 1 amide bonds. The number of fused-ring (bicyclic) bond motifs is 4. The number of nitrogens with zero attached hydrogens (tertiary/aromatic N) is 3. The first-order valence-electron chi connectivity index (χ1n) is 9.96. The van der Waals surface area contributed by atoms with Crippen LogP contribution in [0.1, 0.15) is 42.5 Å².